The van der Waals surface area contributed by atoms with Crippen LogP contribution >= 0.6 is 47.2 Å². The summed E-state index contributed by atoms with van der Waals surface area (Å²) in [7, 11) is 0. The molecule has 0 aromatic heterocycles. The average Bonchev–Trinajstić information content (AvgIpc) is 3.01. The van der Waals surface area contributed by atoms with Crippen LogP contribution in [0.25, 0.3) is 16.8 Å². The van der Waals surface area contributed by atoms with Gasteiger partial charge in [-0.25, -0.2) is 0 Å². The van der Waals surface area contributed by atoms with Crippen LogP contribution in [0, 0.1) is 0 Å². The van der Waals surface area contributed by atoms with Gasteiger partial charge in [0, 0.05) is 0 Å². The van der Waals surface area contributed by atoms with E-state index < -0.39 is 18.4 Å². The van der Waals surface area contributed by atoms with E-state index in [4.69, 9.17) is 45.3 Å². The summed E-state index contributed by atoms with van der Waals surface area (Å²) in [4.78, 5) is 24.9. The molecule has 1 N–H and O–H groups in total. The van der Waals surface area contributed by atoms with Crippen molar-refractivity contribution in [2.45, 2.75) is 6.61 Å². The van der Waals surface area contributed by atoms with E-state index in [1.54, 1.807) is 18.2 Å². The van der Waals surface area contributed by atoms with Crippen LogP contribution in [0.5, 0.6) is 5.75 Å². The van der Waals surface area contributed by atoms with E-state index in [-0.39, 0.29) is 4.32 Å². The number of amides is 1. The first-order valence-corrected chi connectivity index (χ1v) is 11.4. The zero-order chi connectivity index (χ0) is 22.8. The van der Waals surface area contributed by atoms with Crippen LogP contribution in [0.4, 0.5) is 0 Å². The molecule has 1 aliphatic heterocycles. The Kier molecular flexibility index (Phi) is 6.71. The Morgan fingerprint density at radius 1 is 1.06 bits per heavy atom. The van der Waals surface area contributed by atoms with Crippen molar-refractivity contribution in [2.24, 2.45) is 0 Å². The summed E-state index contributed by atoms with van der Waals surface area (Å²) in [6.07, 6.45) is 1.72. The Hall–Kier alpha value is -2.58. The van der Waals surface area contributed by atoms with Gasteiger partial charge in [-0.2, -0.15) is 0 Å². The quantitative estimate of drug-likeness (QED) is 0.328. The largest absolute Gasteiger partial charge is 0.489 e. The van der Waals surface area contributed by atoms with E-state index in [0.717, 1.165) is 38.6 Å². The minimum Gasteiger partial charge on any atom is -0.489 e. The molecule has 0 unspecified atom stereocenters. The number of nitrogens with zero attached hydrogens (tertiary/aromatic N) is 1. The summed E-state index contributed by atoms with van der Waals surface area (Å²) >= 11 is 18.2. The fraction of sp³-hybridized carbons (Fsp3) is 0.0870. The highest BCUT2D eigenvalue weighted by atomic mass is 35.5. The lowest BCUT2D eigenvalue weighted by Gasteiger charge is -2.10. The minimum absolute atomic E-state index is 0.244. The number of hydrogen-bond donors (Lipinski definition) is 1. The summed E-state index contributed by atoms with van der Waals surface area (Å²) in [6, 6.07) is 16.9. The molecule has 162 valence electrons. The highest BCUT2D eigenvalue weighted by molar-refractivity contribution is 8.26. The third kappa shape index (κ3) is 5.07. The lowest BCUT2D eigenvalue weighted by Crippen LogP contribution is -2.33. The van der Waals surface area contributed by atoms with Gasteiger partial charge in [-0.05, 0) is 58.3 Å². The van der Waals surface area contributed by atoms with Crippen molar-refractivity contribution in [1.29, 1.82) is 0 Å². The SMILES string of the molecule is O=C(O)CN1C(=O)/C(=C/c2ccc3cc(OCc4ccc(Cl)c(Cl)c4)ccc3c2)SC1=S. The van der Waals surface area contributed by atoms with Gasteiger partial charge in [0.15, 0.2) is 0 Å². The zero-order valence-electron chi connectivity index (χ0n) is 16.4. The van der Waals surface area contributed by atoms with E-state index in [1.165, 1.54) is 0 Å². The molecule has 9 heteroatoms. The van der Waals surface area contributed by atoms with Gasteiger partial charge in [0.1, 0.15) is 23.2 Å². The minimum atomic E-state index is -1.11. The smallest absolute Gasteiger partial charge is 0.323 e. The molecule has 3 aromatic rings. The Morgan fingerprint density at radius 2 is 1.81 bits per heavy atom. The van der Waals surface area contributed by atoms with Crippen molar-refractivity contribution in [3.05, 3.63) is 80.7 Å². The number of fused-ring (bicyclic) bond motifs is 1. The number of thioether (sulfide) groups is 1. The van der Waals surface area contributed by atoms with Crippen molar-refractivity contribution < 1.29 is 19.4 Å². The number of ether oxygens (including phenoxy) is 1. The van der Waals surface area contributed by atoms with Crippen LogP contribution in [0.3, 0.4) is 0 Å². The Balaban J connectivity index is 1.50. The molecular weight excluding hydrogens is 489 g/mol. The number of carboxylic acid groups (broad SMARTS) is 1. The number of carbonyl (C=O) groups is 2. The standard InChI is InChI=1S/C23H15Cl2NO4S2/c24-18-6-2-14(8-19(18)25)12-30-17-5-4-15-7-13(1-3-16(15)10-17)9-20-22(29)26(11-21(27)28)23(31)32-20/h1-10H,11-12H2,(H,27,28)/b20-9-. The molecule has 1 aliphatic rings. The fourth-order valence-corrected chi connectivity index (χ4v) is 4.72. The van der Waals surface area contributed by atoms with E-state index >= 15 is 0 Å². The van der Waals surface area contributed by atoms with E-state index in [2.05, 4.69) is 0 Å². The molecule has 4 rings (SSSR count). The average molecular weight is 504 g/mol. The normalized spacial score (nSPS) is 15.1. The Bertz CT molecular complexity index is 1290. The maximum atomic E-state index is 12.4. The van der Waals surface area contributed by atoms with E-state index in [9.17, 15) is 9.59 Å². The first kappa shape index (κ1) is 22.6. The number of rotatable bonds is 6. The second-order valence-corrected chi connectivity index (χ2v) is 9.46. The predicted octanol–water partition coefficient (Wildman–Crippen LogP) is 6.01. The topological polar surface area (TPSA) is 66.8 Å². The maximum absolute atomic E-state index is 12.4. The van der Waals surface area contributed by atoms with Gasteiger partial charge in [-0.15, -0.1) is 0 Å². The molecule has 0 radical (unpaired) electrons. The lowest BCUT2D eigenvalue weighted by molar-refractivity contribution is -0.140. The molecule has 32 heavy (non-hydrogen) atoms. The zero-order valence-corrected chi connectivity index (χ0v) is 19.5. The molecule has 1 fully saturated rings. The first-order valence-electron chi connectivity index (χ1n) is 9.38. The number of thiocarbonyl (C=S) groups is 1. The van der Waals surface area contributed by atoms with Crippen molar-refractivity contribution >= 4 is 80.2 Å². The van der Waals surface area contributed by atoms with Crippen LogP contribution < -0.4 is 4.74 Å². The predicted molar refractivity (Wildman–Crippen MR) is 132 cm³/mol. The van der Waals surface area contributed by atoms with Crippen LogP contribution in [0.1, 0.15) is 11.1 Å². The van der Waals surface area contributed by atoms with Crippen molar-refractivity contribution in [2.75, 3.05) is 6.54 Å². The monoisotopic (exact) mass is 503 g/mol. The molecule has 1 saturated heterocycles. The number of carbonyl (C=O) groups excluding carboxylic acids is 1. The lowest BCUT2D eigenvalue weighted by atomic mass is 10.1. The molecule has 0 saturated carbocycles. The van der Waals surface area contributed by atoms with Crippen LogP contribution in [-0.2, 0) is 16.2 Å². The summed E-state index contributed by atoms with van der Waals surface area (Å²) in [5, 5.41) is 11.9. The number of halogens is 2. The number of hydrogen-bond acceptors (Lipinski definition) is 5. The van der Waals surface area contributed by atoms with Crippen LogP contribution in [0.2, 0.25) is 10.0 Å². The maximum Gasteiger partial charge on any atom is 0.323 e. The third-order valence-corrected chi connectivity index (χ3v) is 6.81. The molecule has 0 aliphatic carbocycles. The van der Waals surface area contributed by atoms with Crippen LogP contribution in [0.15, 0.2) is 59.5 Å². The molecule has 0 spiro atoms. The van der Waals surface area contributed by atoms with Gasteiger partial charge in [-0.3, -0.25) is 14.5 Å². The molecule has 0 bridgehead atoms. The Morgan fingerprint density at radius 3 is 2.56 bits per heavy atom. The van der Waals surface area contributed by atoms with E-state index in [0.29, 0.717) is 27.3 Å². The highest BCUT2D eigenvalue weighted by Gasteiger charge is 2.33. The first-order chi connectivity index (χ1) is 15.3. The van der Waals surface area contributed by atoms with Gasteiger partial charge < -0.3 is 9.84 Å². The summed E-state index contributed by atoms with van der Waals surface area (Å²) in [5.41, 5.74) is 1.73. The van der Waals surface area contributed by atoms with Gasteiger partial charge in [0.2, 0.25) is 0 Å². The summed E-state index contributed by atoms with van der Waals surface area (Å²) < 4.78 is 6.12. The molecule has 3 aromatic carbocycles. The van der Waals surface area contributed by atoms with Gasteiger partial charge >= 0.3 is 5.97 Å². The van der Waals surface area contributed by atoms with Gasteiger partial charge in [0.05, 0.1) is 15.0 Å². The molecule has 0 atom stereocenters. The number of aliphatic carboxylic acids is 1. The molecule has 1 amide bonds. The molecular formula is C23H15Cl2NO4S2. The second-order valence-electron chi connectivity index (χ2n) is 6.97. The van der Waals surface area contributed by atoms with Gasteiger partial charge in [0.25, 0.3) is 5.91 Å². The summed E-state index contributed by atoms with van der Waals surface area (Å²) in [6.45, 7) is -0.0800. The fourth-order valence-electron chi connectivity index (χ4n) is 3.14. The number of benzene rings is 3. The Labute approximate surface area is 203 Å². The molecule has 5 nitrogen and oxygen atoms in total. The van der Waals surface area contributed by atoms with Crippen molar-refractivity contribution in [1.82, 2.24) is 4.90 Å². The number of carboxylic acids is 1. The van der Waals surface area contributed by atoms with Crippen molar-refractivity contribution in [3.63, 3.8) is 0 Å². The van der Waals surface area contributed by atoms with Gasteiger partial charge in [-0.1, -0.05) is 71.4 Å². The van der Waals surface area contributed by atoms with Crippen molar-refractivity contribution in [3.8, 4) is 5.75 Å². The third-order valence-electron chi connectivity index (χ3n) is 4.69. The highest BCUT2D eigenvalue weighted by Crippen LogP contribution is 2.33. The summed E-state index contributed by atoms with van der Waals surface area (Å²) in [5.74, 6) is -0.787. The van der Waals surface area contributed by atoms with E-state index in [1.807, 2.05) is 42.5 Å². The van der Waals surface area contributed by atoms with Crippen LogP contribution in [-0.4, -0.2) is 32.7 Å². The second kappa shape index (κ2) is 9.50. The molecule has 1 heterocycles.